The van der Waals surface area contributed by atoms with E-state index in [1.54, 1.807) is 0 Å². The Bertz CT molecular complexity index is 230. The molecule has 2 unspecified atom stereocenters. The predicted octanol–water partition coefficient (Wildman–Crippen LogP) is 3.07. The summed E-state index contributed by atoms with van der Waals surface area (Å²) in [6, 6.07) is 0.749. The molecule has 0 aromatic rings. The van der Waals surface area contributed by atoms with Gasteiger partial charge in [0.25, 0.3) is 0 Å². The quantitative estimate of drug-likeness (QED) is 0.675. The first-order chi connectivity index (χ1) is 8.33. The summed E-state index contributed by atoms with van der Waals surface area (Å²) in [6.07, 6.45) is 7.30. The highest BCUT2D eigenvalue weighted by Gasteiger charge is 2.58. The van der Waals surface area contributed by atoms with E-state index < -0.39 is 0 Å². The van der Waals surface area contributed by atoms with E-state index in [1.165, 1.54) is 50.2 Å². The van der Waals surface area contributed by atoms with Gasteiger partial charge in [-0.1, -0.05) is 13.3 Å². The highest BCUT2D eigenvalue weighted by molar-refractivity contribution is 7.99. The zero-order valence-electron chi connectivity index (χ0n) is 11.3. The summed E-state index contributed by atoms with van der Waals surface area (Å²) in [6.45, 7) is 6.43. The molecule has 2 aliphatic carbocycles. The third kappa shape index (κ3) is 2.82. The molecule has 0 heterocycles. The SMILES string of the molecule is CCOC1CC(NCCCSCC)C12CCC2. The predicted molar refractivity (Wildman–Crippen MR) is 75.7 cm³/mol. The van der Waals surface area contributed by atoms with Gasteiger partial charge in [0.2, 0.25) is 0 Å². The number of hydrogen-bond donors (Lipinski definition) is 1. The van der Waals surface area contributed by atoms with Crippen molar-refractivity contribution in [2.24, 2.45) is 5.41 Å². The third-order valence-electron chi connectivity index (χ3n) is 4.50. The van der Waals surface area contributed by atoms with Crippen LogP contribution in [-0.4, -0.2) is 36.8 Å². The van der Waals surface area contributed by atoms with Crippen LogP contribution in [0.4, 0.5) is 0 Å². The normalized spacial score (nSPS) is 30.0. The molecule has 2 saturated carbocycles. The number of nitrogens with one attached hydrogen (secondary N) is 1. The molecule has 1 N–H and O–H groups in total. The van der Waals surface area contributed by atoms with Crippen molar-refractivity contribution in [1.29, 1.82) is 0 Å². The molecule has 2 rings (SSSR count). The lowest BCUT2D eigenvalue weighted by molar-refractivity contribution is -0.172. The van der Waals surface area contributed by atoms with E-state index in [2.05, 4.69) is 19.2 Å². The van der Waals surface area contributed by atoms with E-state index >= 15 is 0 Å². The minimum atomic E-state index is 0.536. The first-order valence-electron chi connectivity index (χ1n) is 7.26. The Balaban J connectivity index is 1.65. The topological polar surface area (TPSA) is 21.3 Å². The molecule has 2 aliphatic rings. The van der Waals surface area contributed by atoms with Gasteiger partial charge in [-0.25, -0.2) is 0 Å². The number of hydrogen-bond acceptors (Lipinski definition) is 3. The van der Waals surface area contributed by atoms with Crippen LogP contribution in [0.2, 0.25) is 0 Å². The zero-order chi connectivity index (χ0) is 12.1. The molecule has 0 aromatic heterocycles. The molecule has 2 atom stereocenters. The molecule has 17 heavy (non-hydrogen) atoms. The van der Waals surface area contributed by atoms with Crippen LogP contribution in [0.15, 0.2) is 0 Å². The average molecular weight is 257 g/mol. The van der Waals surface area contributed by atoms with Crippen molar-refractivity contribution in [1.82, 2.24) is 5.32 Å². The highest BCUT2D eigenvalue weighted by atomic mass is 32.2. The second-order valence-electron chi connectivity index (χ2n) is 5.32. The molecule has 100 valence electrons. The maximum atomic E-state index is 5.87. The minimum absolute atomic E-state index is 0.536. The maximum absolute atomic E-state index is 5.87. The summed E-state index contributed by atoms with van der Waals surface area (Å²) in [4.78, 5) is 0. The smallest absolute Gasteiger partial charge is 0.0661 e. The first kappa shape index (κ1) is 13.7. The van der Waals surface area contributed by atoms with E-state index in [1.807, 2.05) is 11.8 Å². The van der Waals surface area contributed by atoms with E-state index in [0.717, 1.165) is 12.6 Å². The molecule has 2 fully saturated rings. The van der Waals surface area contributed by atoms with Crippen LogP contribution in [0.3, 0.4) is 0 Å². The molecular formula is C14H27NOS. The van der Waals surface area contributed by atoms with Crippen LogP contribution in [0.5, 0.6) is 0 Å². The van der Waals surface area contributed by atoms with Crippen molar-refractivity contribution in [2.75, 3.05) is 24.7 Å². The van der Waals surface area contributed by atoms with Gasteiger partial charge in [-0.2, -0.15) is 11.8 Å². The van der Waals surface area contributed by atoms with Gasteiger partial charge >= 0.3 is 0 Å². The van der Waals surface area contributed by atoms with Crippen LogP contribution in [0, 0.1) is 5.41 Å². The Hall–Kier alpha value is 0.270. The van der Waals surface area contributed by atoms with E-state index in [-0.39, 0.29) is 0 Å². The Morgan fingerprint density at radius 2 is 2.18 bits per heavy atom. The zero-order valence-corrected chi connectivity index (χ0v) is 12.2. The van der Waals surface area contributed by atoms with Crippen molar-refractivity contribution in [2.45, 2.75) is 58.1 Å². The molecule has 0 saturated heterocycles. The third-order valence-corrected chi connectivity index (χ3v) is 5.48. The standard InChI is InChI=1S/C14H27NOS/c1-3-16-13-11-12(14(13)7-5-8-14)15-9-6-10-17-4-2/h12-13,15H,3-11H2,1-2H3. The van der Waals surface area contributed by atoms with Crippen molar-refractivity contribution < 1.29 is 4.74 Å². The fourth-order valence-corrected chi connectivity index (χ4v) is 3.96. The van der Waals surface area contributed by atoms with Crippen LogP contribution in [0.25, 0.3) is 0 Å². The van der Waals surface area contributed by atoms with Gasteiger partial charge in [-0.3, -0.25) is 0 Å². The van der Waals surface area contributed by atoms with Crippen LogP contribution in [-0.2, 0) is 4.74 Å². The van der Waals surface area contributed by atoms with E-state index in [9.17, 15) is 0 Å². The summed E-state index contributed by atoms with van der Waals surface area (Å²) in [7, 11) is 0. The van der Waals surface area contributed by atoms with Gasteiger partial charge in [0.05, 0.1) is 6.10 Å². The Labute approximate surface area is 110 Å². The number of rotatable bonds is 8. The van der Waals surface area contributed by atoms with Crippen molar-refractivity contribution in [3.05, 3.63) is 0 Å². The summed E-state index contributed by atoms with van der Waals surface area (Å²) >= 11 is 2.05. The Kier molecular flexibility index (Phi) is 5.19. The van der Waals surface area contributed by atoms with Crippen molar-refractivity contribution >= 4 is 11.8 Å². The van der Waals surface area contributed by atoms with Crippen LogP contribution >= 0.6 is 11.8 Å². The van der Waals surface area contributed by atoms with Gasteiger partial charge < -0.3 is 10.1 Å². The Morgan fingerprint density at radius 1 is 1.35 bits per heavy atom. The van der Waals surface area contributed by atoms with Gasteiger partial charge in [0, 0.05) is 18.1 Å². The lowest BCUT2D eigenvalue weighted by Gasteiger charge is -2.61. The van der Waals surface area contributed by atoms with Crippen molar-refractivity contribution in [3.63, 3.8) is 0 Å². The molecule has 0 bridgehead atoms. The molecule has 0 aromatic carbocycles. The van der Waals surface area contributed by atoms with Crippen LogP contribution in [0.1, 0.15) is 46.0 Å². The monoisotopic (exact) mass is 257 g/mol. The molecule has 0 aliphatic heterocycles. The van der Waals surface area contributed by atoms with Gasteiger partial charge in [0.15, 0.2) is 0 Å². The van der Waals surface area contributed by atoms with Gasteiger partial charge in [-0.05, 0) is 50.7 Å². The molecule has 3 heteroatoms. The molecule has 0 amide bonds. The molecular weight excluding hydrogens is 230 g/mol. The lowest BCUT2D eigenvalue weighted by atomic mass is 9.51. The fraction of sp³-hybridized carbons (Fsp3) is 1.00. The summed E-state index contributed by atoms with van der Waals surface area (Å²) in [5.74, 6) is 2.55. The average Bonchev–Trinajstić information content (AvgIpc) is 2.23. The largest absolute Gasteiger partial charge is 0.378 e. The van der Waals surface area contributed by atoms with Gasteiger partial charge in [0.1, 0.15) is 0 Å². The summed E-state index contributed by atoms with van der Waals surface area (Å²) < 4.78 is 5.87. The summed E-state index contributed by atoms with van der Waals surface area (Å²) in [5.41, 5.74) is 0.536. The van der Waals surface area contributed by atoms with Crippen LogP contribution < -0.4 is 5.32 Å². The number of thioether (sulfide) groups is 1. The highest BCUT2D eigenvalue weighted by Crippen LogP contribution is 2.57. The molecule has 0 radical (unpaired) electrons. The second-order valence-corrected chi connectivity index (χ2v) is 6.72. The maximum Gasteiger partial charge on any atom is 0.0661 e. The summed E-state index contributed by atoms with van der Waals surface area (Å²) in [5, 5.41) is 3.77. The van der Waals surface area contributed by atoms with E-state index in [0.29, 0.717) is 11.5 Å². The first-order valence-corrected chi connectivity index (χ1v) is 8.41. The number of ether oxygens (including phenoxy) is 1. The molecule has 2 nitrogen and oxygen atoms in total. The minimum Gasteiger partial charge on any atom is -0.378 e. The lowest BCUT2D eigenvalue weighted by Crippen LogP contribution is -2.66. The van der Waals surface area contributed by atoms with E-state index in [4.69, 9.17) is 4.74 Å². The Morgan fingerprint density at radius 3 is 2.76 bits per heavy atom. The second kappa shape index (κ2) is 6.44. The van der Waals surface area contributed by atoms with Gasteiger partial charge in [-0.15, -0.1) is 0 Å². The molecule has 1 spiro atoms. The van der Waals surface area contributed by atoms with Crippen molar-refractivity contribution in [3.8, 4) is 0 Å². The fourth-order valence-electron chi connectivity index (χ4n) is 3.32.